The first-order valence-electron chi connectivity index (χ1n) is 5.51. The molecule has 3 heterocycles. The third-order valence-electron chi connectivity index (χ3n) is 2.83. The fraction of sp³-hybridized carbons (Fsp3) is 0.364. The smallest absolute Gasteiger partial charge is 0.345 e. The molecule has 1 fully saturated rings. The summed E-state index contributed by atoms with van der Waals surface area (Å²) in [6.07, 6.45) is 3.28. The molecule has 1 saturated heterocycles. The minimum absolute atomic E-state index is 0.349. The number of aromatic amines is 1. The lowest BCUT2D eigenvalue weighted by molar-refractivity contribution is 0.122. The van der Waals surface area contributed by atoms with Gasteiger partial charge in [-0.2, -0.15) is 4.98 Å². The molecule has 0 amide bonds. The van der Waals surface area contributed by atoms with Crippen LogP contribution < -0.4 is 10.6 Å². The van der Waals surface area contributed by atoms with Gasteiger partial charge in [0, 0.05) is 13.1 Å². The van der Waals surface area contributed by atoms with Gasteiger partial charge in [0.2, 0.25) is 0 Å². The highest BCUT2D eigenvalue weighted by molar-refractivity contribution is 5.76. The van der Waals surface area contributed by atoms with Crippen LogP contribution in [0, 0.1) is 0 Å². The number of nitrogens with zero attached hydrogens (tertiary/aromatic N) is 3. The van der Waals surface area contributed by atoms with Crippen molar-refractivity contribution < 1.29 is 4.74 Å². The molecular formula is C11H12N4O2. The van der Waals surface area contributed by atoms with Crippen LogP contribution in [0.5, 0.6) is 0 Å². The van der Waals surface area contributed by atoms with Crippen LogP contribution >= 0.6 is 0 Å². The molecule has 88 valence electrons. The summed E-state index contributed by atoms with van der Waals surface area (Å²) in [5.74, 6) is 0. The third-order valence-corrected chi connectivity index (χ3v) is 2.83. The van der Waals surface area contributed by atoms with Crippen molar-refractivity contribution in [2.45, 2.75) is 0 Å². The van der Waals surface area contributed by atoms with Crippen molar-refractivity contribution in [3.8, 4) is 0 Å². The van der Waals surface area contributed by atoms with Crippen molar-refractivity contribution in [2.24, 2.45) is 0 Å². The van der Waals surface area contributed by atoms with E-state index >= 15 is 0 Å². The van der Waals surface area contributed by atoms with Gasteiger partial charge in [0.05, 0.1) is 36.8 Å². The Kier molecular flexibility index (Phi) is 2.49. The molecule has 1 aliphatic heterocycles. The maximum Gasteiger partial charge on any atom is 0.345 e. The van der Waals surface area contributed by atoms with Gasteiger partial charge in [-0.1, -0.05) is 0 Å². The van der Waals surface area contributed by atoms with Gasteiger partial charge in [-0.05, 0) is 6.07 Å². The van der Waals surface area contributed by atoms with Crippen molar-refractivity contribution in [3.63, 3.8) is 0 Å². The van der Waals surface area contributed by atoms with Crippen LogP contribution in [-0.2, 0) is 4.74 Å². The van der Waals surface area contributed by atoms with E-state index in [2.05, 4.69) is 19.9 Å². The van der Waals surface area contributed by atoms with Crippen LogP contribution in [0.3, 0.4) is 0 Å². The van der Waals surface area contributed by atoms with Gasteiger partial charge in [0.15, 0.2) is 0 Å². The van der Waals surface area contributed by atoms with Crippen LogP contribution in [0.2, 0.25) is 0 Å². The minimum atomic E-state index is -0.349. The van der Waals surface area contributed by atoms with E-state index in [9.17, 15) is 4.79 Å². The summed E-state index contributed by atoms with van der Waals surface area (Å²) in [5.41, 5.74) is 2.07. The van der Waals surface area contributed by atoms with Gasteiger partial charge in [-0.3, -0.25) is 4.98 Å². The van der Waals surface area contributed by atoms with Gasteiger partial charge in [-0.25, -0.2) is 4.79 Å². The molecule has 6 nitrogen and oxygen atoms in total. The van der Waals surface area contributed by atoms with E-state index in [0.29, 0.717) is 11.0 Å². The van der Waals surface area contributed by atoms with Gasteiger partial charge in [-0.15, -0.1) is 0 Å². The number of ether oxygens (including phenoxy) is 1. The highest BCUT2D eigenvalue weighted by atomic mass is 16.5. The number of anilines is 1. The zero-order valence-electron chi connectivity index (χ0n) is 9.22. The van der Waals surface area contributed by atoms with Crippen LogP contribution in [-0.4, -0.2) is 41.3 Å². The zero-order chi connectivity index (χ0) is 11.7. The maximum absolute atomic E-state index is 11.1. The number of rotatable bonds is 1. The predicted molar refractivity (Wildman–Crippen MR) is 63.2 cm³/mol. The molecule has 0 unspecified atom stereocenters. The average Bonchev–Trinajstić information content (AvgIpc) is 2.39. The van der Waals surface area contributed by atoms with E-state index < -0.39 is 0 Å². The summed E-state index contributed by atoms with van der Waals surface area (Å²) in [4.78, 5) is 23.9. The van der Waals surface area contributed by atoms with Crippen molar-refractivity contribution >= 4 is 16.7 Å². The maximum atomic E-state index is 11.1. The molecule has 0 saturated carbocycles. The second-order valence-corrected chi connectivity index (χ2v) is 3.91. The molecule has 0 atom stereocenters. The Morgan fingerprint density at radius 3 is 2.88 bits per heavy atom. The Labute approximate surface area is 97.3 Å². The van der Waals surface area contributed by atoms with E-state index in [1.54, 1.807) is 6.20 Å². The van der Waals surface area contributed by atoms with E-state index in [1.165, 1.54) is 6.20 Å². The molecule has 2 aromatic rings. The molecule has 17 heavy (non-hydrogen) atoms. The van der Waals surface area contributed by atoms with E-state index in [4.69, 9.17) is 4.74 Å². The predicted octanol–water partition coefficient (Wildman–Crippen LogP) is 0.155. The normalized spacial score (nSPS) is 16.4. The number of hydrogen-bond donors (Lipinski definition) is 1. The van der Waals surface area contributed by atoms with Crippen molar-refractivity contribution in [1.82, 2.24) is 15.0 Å². The van der Waals surface area contributed by atoms with Crippen molar-refractivity contribution in [3.05, 3.63) is 28.9 Å². The van der Waals surface area contributed by atoms with Gasteiger partial charge in [0.1, 0.15) is 5.52 Å². The molecule has 0 bridgehead atoms. The first kappa shape index (κ1) is 10.2. The van der Waals surface area contributed by atoms with Crippen LogP contribution in [0.25, 0.3) is 11.0 Å². The molecule has 1 aliphatic rings. The number of fused-ring (bicyclic) bond motifs is 1. The van der Waals surface area contributed by atoms with Crippen LogP contribution in [0.4, 0.5) is 5.69 Å². The molecule has 1 N–H and O–H groups in total. The monoisotopic (exact) mass is 232 g/mol. The molecule has 0 spiro atoms. The van der Waals surface area contributed by atoms with Crippen LogP contribution in [0.1, 0.15) is 0 Å². The largest absolute Gasteiger partial charge is 0.378 e. The second-order valence-electron chi connectivity index (χ2n) is 3.91. The van der Waals surface area contributed by atoms with Crippen molar-refractivity contribution in [2.75, 3.05) is 31.2 Å². The lowest BCUT2D eigenvalue weighted by Crippen LogP contribution is -2.36. The Bertz CT molecular complexity index is 589. The SMILES string of the molecule is O=c1ncc2ncc(N3CCOCC3)cc2[nH]1. The molecule has 0 aromatic carbocycles. The fourth-order valence-electron chi connectivity index (χ4n) is 1.93. The van der Waals surface area contributed by atoms with E-state index in [1.807, 2.05) is 6.07 Å². The summed E-state index contributed by atoms with van der Waals surface area (Å²) in [6.45, 7) is 3.15. The highest BCUT2D eigenvalue weighted by Gasteiger charge is 2.12. The summed E-state index contributed by atoms with van der Waals surface area (Å²) < 4.78 is 5.30. The zero-order valence-corrected chi connectivity index (χ0v) is 9.22. The van der Waals surface area contributed by atoms with Gasteiger partial charge in [0.25, 0.3) is 0 Å². The lowest BCUT2D eigenvalue weighted by atomic mass is 10.3. The number of morpholine rings is 1. The fourth-order valence-corrected chi connectivity index (χ4v) is 1.93. The lowest BCUT2D eigenvalue weighted by Gasteiger charge is -2.28. The highest BCUT2D eigenvalue weighted by Crippen LogP contribution is 2.17. The Balaban J connectivity index is 2.02. The molecule has 6 heteroatoms. The average molecular weight is 232 g/mol. The number of aromatic nitrogens is 3. The number of H-pyrrole nitrogens is 1. The second kappa shape index (κ2) is 4.14. The summed E-state index contributed by atoms with van der Waals surface area (Å²) in [5, 5.41) is 0. The molecule has 3 rings (SSSR count). The van der Waals surface area contributed by atoms with Crippen molar-refractivity contribution in [1.29, 1.82) is 0 Å². The van der Waals surface area contributed by atoms with E-state index in [-0.39, 0.29) is 5.69 Å². The molecule has 0 aliphatic carbocycles. The van der Waals surface area contributed by atoms with Crippen LogP contribution in [0.15, 0.2) is 23.3 Å². The number of nitrogens with one attached hydrogen (secondary N) is 1. The third kappa shape index (κ3) is 1.99. The van der Waals surface area contributed by atoms with Gasteiger partial charge < -0.3 is 14.6 Å². The van der Waals surface area contributed by atoms with Gasteiger partial charge >= 0.3 is 5.69 Å². The molecular weight excluding hydrogens is 220 g/mol. The Morgan fingerprint density at radius 1 is 1.24 bits per heavy atom. The summed E-state index contributed by atoms with van der Waals surface area (Å²) in [6, 6.07) is 1.93. The minimum Gasteiger partial charge on any atom is -0.378 e. The topological polar surface area (TPSA) is 71.1 Å². The Hall–Kier alpha value is -1.95. The quantitative estimate of drug-likeness (QED) is 0.758. The first-order valence-corrected chi connectivity index (χ1v) is 5.51. The Morgan fingerprint density at radius 2 is 2.06 bits per heavy atom. The first-order chi connectivity index (χ1) is 8.33. The number of pyridine rings is 1. The van der Waals surface area contributed by atoms with E-state index in [0.717, 1.165) is 32.0 Å². The number of hydrogen-bond acceptors (Lipinski definition) is 5. The molecule has 0 radical (unpaired) electrons. The summed E-state index contributed by atoms with van der Waals surface area (Å²) in [7, 11) is 0. The summed E-state index contributed by atoms with van der Waals surface area (Å²) >= 11 is 0. The standard InChI is InChI=1S/C11H12N4O2/c16-11-13-7-10-9(14-11)5-8(6-12-10)15-1-3-17-4-2-15/h5-7H,1-4H2,(H,13,14,16). The molecule has 2 aromatic heterocycles.